The molecule has 0 fully saturated rings. The molecule has 0 heterocycles. The van der Waals surface area contributed by atoms with Crippen LogP contribution in [0.5, 0.6) is 0 Å². The third kappa shape index (κ3) is 3.66. The molecule has 0 radical (unpaired) electrons. The molecular formula is C11H17NO3S. The summed E-state index contributed by atoms with van der Waals surface area (Å²) in [5.41, 5.74) is 0.884. The Bertz CT molecular complexity index is 468. The molecule has 0 unspecified atom stereocenters. The smallest absolute Gasteiger partial charge is 0.219 e. The Morgan fingerprint density at radius 1 is 1.31 bits per heavy atom. The van der Waals surface area contributed by atoms with Gasteiger partial charge in [0.2, 0.25) is 5.91 Å². The van der Waals surface area contributed by atoms with Gasteiger partial charge in [0.25, 0.3) is 0 Å². The maximum atomic E-state index is 11.2. The first-order chi connectivity index (χ1) is 7.43. The summed E-state index contributed by atoms with van der Waals surface area (Å²) >= 11 is 0. The van der Waals surface area contributed by atoms with Crippen LogP contribution in [0.3, 0.4) is 0 Å². The number of hydrogen-bond donors (Lipinski definition) is 1. The lowest BCUT2D eigenvalue weighted by atomic mass is 10.2. The zero-order valence-electron chi connectivity index (χ0n) is 9.36. The zero-order chi connectivity index (χ0) is 12.2. The first-order valence-electron chi connectivity index (χ1n) is 4.99. The Hall–Kier alpha value is -1.36. The minimum atomic E-state index is -3.14. The van der Waals surface area contributed by atoms with Crippen molar-refractivity contribution in [1.82, 2.24) is 5.32 Å². The van der Waals surface area contributed by atoms with Crippen LogP contribution in [0, 0.1) is 0 Å². The van der Waals surface area contributed by atoms with Gasteiger partial charge >= 0.3 is 0 Å². The number of sulfone groups is 1. The number of hydrogen-bond acceptors (Lipinski definition) is 3. The third-order valence-corrected chi connectivity index (χ3v) is 3.29. The lowest BCUT2D eigenvalue weighted by Gasteiger charge is -2.04. The van der Waals surface area contributed by atoms with E-state index in [9.17, 15) is 13.2 Å². The quantitative estimate of drug-likeness (QED) is 0.868. The van der Waals surface area contributed by atoms with Crippen LogP contribution in [-0.4, -0.2) is 20.6 Å². The van der Waals surface area contributed by atoms with Crippen molar-refractivity contribution in [2.75, 3.05) is 6.26 Å². The van der Waals surface area contributed by atoms with E-state index >= 15 is 0 Å². The molecule has 1 aromatic rings. The van der Waals surface area contributed by atoms with Gasteiger partial charge in [0.05, 0.1) is 4.90 Å². The SMILES string of the molecule is CCC(=O)NCc1ccc(S(C)(=O)=O)cc1.[HH]. The fraction of sp³-hybridized carbons (Fsp3) is 0.364. The van der Waals surface area contributed by atoms with E-state index in [1.165, 1.54) is 6.26 Å². The summed E-state index contributed by atoms with van der Waals surface area (Å²) in [7, 11) is -3.14. The molecule has 0 aromatic heterocycles. The number of nitrogens with one attached hydrogen (secondary N) is 1. The van der Waals surface area contributed by atoms with Crippen molar-refractivity contribution in [3.8, 4) is 0 Å². The van der Waals surface area contributed by atoms with E-state index < -0.39 is 9.84 Å². The lowest BCUT2D eigenvalue weighted by molar-refractivity contribution is -0.120. The second-order valence-corrected chi connectivity index (χ2v) is 5.56. The van der Waals surface area contributed by atoms with Crippen LogP contribution in [0.4, 0.5) is 0 Å². The molecule has 4 nitrogen and oxygen atoms in total. The summed E-state index contributed by atoms with van der Waals surface area (Å²) in [5.74, 6) is -0.0211. The predicted octanol–water partition coefficient (Wildman–Crippen LogP) is 1.36. The highest BCUT2D eigenvalue weighted by Gasteiger charge is 2.06. The van der Waals surface area contributed by atoms with Gasteiger partial charge in [0, 0.05) is 20.6 Å². The number of carbonyl (C=O) groups is 1. The molecule has 5 heteroatoms. The molecule has 0 aliphatic carbocycles. The average Bonchev–Trinajstić information content (AvgIpc) is 2.25. The third-order valence-electron chi connectivity index (χ3n) is 2.16. The van der Waals surface area contributed by atoms with Crippen molar-refractivity contribution in [2.45, 2.75) is 24.8 Å². The van der Waals surface area contributed by atoms with E-state index in [0.717, 1.165) is 5.56 Å². The van der Waals surface area contributed by atoms with Gasteiger partial charge in [-0.1, -0.05) is 19.1 Å². The van der Waals surface area contributed by atoms with Gasteiger partial charge in [-0.3, -0.25) is 4.79 Å². The second kappa shape index (κ2) is 5.12. The van der Waals surface area contributed by atoms with Crippen molar-refractivity contribution in [3.05, 3.63) is 29.8 Å². The van der Waals surface area contributed by atoms with Crippen molar-refractivity contribution >= 4 is 15.7 Å². The van der Waals surface area contributed by atoms with Gasteiger partial charge < -0.3 is 5.32 Å². The molecule has 16 heavy (non-hydrogen) atoms. The molecule has 1 rings (SSSR count). The number of rotatable bonds is 4. The molecule has 0 saturated carbocycles. The first-order valence-corrected chi connectivity index (χ1v) is 6.88. The van der Waals surface area contributed by atoms with Crippen LogP contribution in [0.15, 0.2) is 29.2 Å². The van der Waals surface area contributed by atoms with E-state index in [1.807, 2.05) is 0 Å². The van der Waals surface area contributed by atoms with Crippen LogP contribution in [0.25, 0.3) is 0 Å². The Morgan fingerprint density at radius 3 is 2.31 bits per heavy atom. The van der Waals surface area contributed by atoms with Gasteiger partial charge in [-0.2, -0.15) is 0 Å². The molecule has 1 amide bonds. The fourth-order valence-electron chi connectivity index (χ4n) is 1.18. The number of amides is 1. The highest BCUT2D eigenvalue weighted by Crippen LogP contribution is 2.10. The van der Waals surface area contributed by atoms with Gasteiger partial charge in [0.1, 0.15) is 0 Å². The minimum Gasteiger partial charge on any atom is -0.352 e. The predicted molar refractivity (Wildman–Crippen MR) is 63.8 cm³/mol. The lowest BCUT2D eigenvalue weighted by Crippen LogP contribution is -2.21. The Kier molecular flexibility index (Phi) is 4.06. The topological polar surface area (TPSA) is 63.2 Å². The van der Waals surface area contributed by atoms with Crippen LogP contribution in [0.1, 0.15) is 20.3 Å². The Morgan fingerprint density at radius 2 is 1.88 bits per heavy atom. The van der Waals surface area contributed by atoms with Crippen molar-refractivity contribution in [1.29, 1.82) is 0 Å². The van der Waals surface area contributed by atoms with Crippen molar-refractivity contribution in [3.63, 3.8) is 0 Å². The number of benzene rings is 1. The minimum absolute atomic E-state index is 0. The molecule has 0 saturated heterocycles. The maximum absolute atomic E-state index is 11.2. The monoisotopic (exact) mass is 243 g/mol. The van der Waals surface area contributed by atoms with Gasteiger partial charge in [0.15, 0.2) is 9.84 Å². The summed E-state index contributed by atoms with van der Waals surface area (Å²) in [4.78, 5) is 11.3. The molecular weight excluding hydrogens is 226 g/mol. The van der Waals surface area contributed by atoms with E-state index in [1.54, 1.807) is 31.2 Å². The molecule has 1 aromatic carbocycles. The summed E-state index contributed by atoms with van der Waals surface area (Å²) in [5, 5.41) is 2.72. The van der Waals surface area contributed by atoms with E-state index in [-0.39, 0.29) is 12.2 Å². The first kappa shape index (κ1) is 12.7. The van der Waals surface area contributed by atoms with Crippen molar-refractivity contribution < 1.29 is 14.6 Å². The van der Waals surface area contributed by atoms with E-state index in [0.29, 0.717) is 13.0 Å². The van der Waals surface area contributed by atoms with E-state index in [2.05, 4.69) is 5.32 Å². The summed E-state index contributed by atoms with van der Waals surface area (Å²) in [6.07, 6.45) is 1.61. The van der Waals surface area contributed by atoms with Gasteiger partial charge in [-0.15, -0.1) is 0 Å². The van der Waals surface area contributed by atoms with Gasteiger partial charge in [-0.05, 0) is 17.7 Å². The highest BCUT2D eigenvalue weighted by atomic mass is 32.2. The number of carbonyl (C=O) groups excluding carboxylic acids is 1. The highest BCUT2D eigenvalue weighted by molar-refractivity contribution is 7.90. The second-order valence-electron chi connectivity index (χ2n) is 3.55. The van der Waals surface area contributed by atoms with Crippen LogP contribution in [0.2, 0.25) is 0 Å². The Labute approximate surface area is 97.1 Å². The van der Waals surface area contributed by atoms with Crippen LogP contribution in [-0.2, 0) is 21.2 Å². The average molecular weight is 243 g/mol. The zero-order valence-corrected chi connectivity index (χ0v) is 10.2. The maximum Gasteiger partial charge on any atom is 0.219 e. The molecule has 0 atom stereocenters. The van der Waals surface area contributed by atoms with Crippen LogP contribution < -0.4 is 5.32 Å². The molecule has 1 N–H and O–H groups in total. The summed E-state index contributed by atoms with van der Waals surface area (Å²) < 4.78 is 22.4. The summed E-state index contributed by atoms with van der Waals surface area (Å²) in [6.45, 7) is 2.21. The standard InChI is InChI=1S/C11H15NO3S.H2/c1-3-11(13)12-8-9-4-6-10(7-5-9)16(2,14)15;/h4-7H,3,8H2,1-2H3,(H,12,13);1H. The van der Waals surface area contributed by atoms with E-state index in [4.69, 9.17) is 0 Å². The normalized spacial score (nSPS) is 11.1. The summed E-state index contributed by atoms with van der Waals surface area (Å²) in [6, 6.07) is 6.49. The molecule has 90 valence electrons. The Balaban J connectivity index is 0.00000256. The van der Waals surface area contributed by atoms with Gasteiger partial charge in [-0.25, -0.2) is 8.42 Å². The van der Waals surface area contributed by atoms with Crippen molar-refractivity contribution in [2.24, 2.45) is 0 Å². The molecule has 0 aliphatic heterocycles. The molecule has 0 spiro atoms. The molecule has 0 aliphatic rings. The molecule has 0 bridgehead atoms. The largest absolute Gasteiger partial charge is 0.352 e. The fourth-order valence-corrected chi connectivity index (χ4v) is 1.81. The van der Waals surface area contributed by atoms with Crippen LogP contribution >= 0.6 is 0 Å².